The Bertz CT molecular complexity index is 586. The van der Waals surface area contributed by atoms with Gasteiger partial charge in [0.2, 0.25) is 0 Å². The number of aromatic nitrogens is 2. The molecule has 0 aromatic carbocycles. The Morgan fingerprint density at radius 2 is 2.25 bits per heavy atom. The van der Waals surface area contributed by atoms with Gasteiger partial charge in [0.1, 0.15) is 11.6 Å². The van der Waals surface area contributed by atoms with E-state index < -0.39 is 11.3 Å². The van der Waals surface area contributed by atoms with Gasteiger partial charge in [-0.2, -0.15) is 5.26 Å². The summed E-state index contributed by atoms with van der Waals surface area (Å²) in [7, 11) is 0. The summed E-state index contributed by atoms with van der Waals surface area (Å²) in [6, 6.07) is 2.05. The number of hydrogen-bond acceptors (Lipinski definition) is 5. The van der Waals surface area contributed by atoms with Crippen molar-refractivity contribution in [3.05, 3.63) is 11.8 Å². The molecule has 0 N–H and O–H groups in total. The third-order valence-electron chi connectivity index (χ3n) is 4.14. The van der Waals surface area contributed by atoms with E-state index in [0.717, 1.165) is 0 Å². The molecule has 1 spiro atoms. The summed E-state index contributed by atoms with van der Waals surface area (Å²) < 4.78 is 27.1. The fraction of sp³-hybridized carbons (Fsp3) is 0.615. The molecule has 1 atom stereocenters. The Hall–Kier alpha value is -1.42. The fourth-order valence-corrected chi connectivity index (χ4v) is 3.25. The highest BCUT2D eigenvalue weighted by atomic mass is 32.2. The second-order valence-electron chi connectivity index (χ2n) is 5.39. The van der Waals surface area contributed by atoms with E-state index >= 15 is 0 Å². The maximum atomic E-state index is 13.6. The van der Waals surface area contributed by atoms with E-state index in [1.54, 1.807) is 0 Å². The molecule has 2 fully saturated rings. The maximum Gasteiger partial charge on any atom is 0.256 e. The van der Waals surface area contributed by atoms with Gasteiger partial charge in [0.25, 0.3) is 5.92 Å². The van der Waals surface area contributed by atoms with Crippen molar-refractivity contribution >= 4 is 17.6 Å². The number of nitrogens with zero attached hydrogens (tertiary/aromatic N) is 4. The molecule has 4 nitrogen and oxygen atoms in total. The number of anilines is 1. The first kappa shape index (κ1) is 13.6. The first-order valence-electron chi connectivity index (χ1n) is 6.45. The van der Waals surface area contributed by atoms with Crippen LogP contribution in [0.3, 0.4) is 0 Å². The molecule has 20 heavy (non-hydrogen) atoms. The molecule has 0 radical (unpaired) electrons. The van der Waals surface area contributed by atoms with Gasteiger partial charge in [-0.25, -0.2) is 18.7 Å². The van der Waals surface area contributed by atoms with Crippen molar-refractivity contribution in [1.82, 2.24) is 9.97 Å². The molecule has 1 saturated heterocycles. The highest BCUT2D eigenvalue weighted by Gasteiger charge is 2.71. The molecular weight excluding hydrogens is 282 g/mol. The van der Waals surface area contributed by atoms with Crippen LogP contribution in [0.15, 0.2) is 11.4 Å². The first-order chi connectivity index (χ1) is 9.51. The van der Waals surface area contributed by atoms with E-state index in [0.29, 0.717) is 35.9 Å². The zero-order valence-corrected chi connectivity index (χ0v) is 11.9. The molecule has 1 aromatic rings. The third kappa shape index (κ3) is 2.03. The van der Waals surface area contributed by atoms with Crippen LogP contribution in [0, 0.1) is 16.7 Å². The fourth-order valence-electron chi connectivity index (χ4n) is 2.91. The minimum atomic E-state index is -2.56. The lowest BCUT2D eigenvalue weighted by Crippen LogP contribution is -2.40. The number of piperidine rings is 1. The van der Waals surface area contributed by atoms with Crippen molar-refractivity contribution in [2.45, 2.75) is 30.3 Å². The van der Waals surface area contributed by atoms with Crippen LogP contribution in [-0.4, -0.2) is 35.2 Å². The van der Waals surface area contributed by atoms with Crippen LogP contribution in [0.5, 0.6) is 0 Å². The van der Waals surface area contributed by atoms with Gasteiger partial charge < -0.3 is 4.90 Å². The number of rotatable bonds is 2. The molecule has 1 aromatic heterocycles. The predicted molar refractivity (Wildman–Crippen MR) is 72.0 cm³/mol. The van der Waals surface area contributed by atoms with Gasteiger partial charge in [0.15, 0.2) is 11.0 Å². The van der Waals surface area contributed by atoms with Crippen LogP contribution in [0.1, 0.15) is 24.8 Å². The Balaban J connectivity index is 1.91. The standard InChI is InChI=1S/C13H14F2N4S/c1-20-11-17-6-9(5-16)10(18-11)19-4-2-3-12(8-19)7-13(12,14)15/h6H,2-4,7-8H2,1H3. The minimum Gasteiger partial charge on any atom is -0.355 e. The van der Waals surface area contributed by atoms with Crippen LogP contribution in [0.2, 0.25) is 0 Å². The molecule has 2 heterocycles. The quantitative estimate of drug-likeness (QED) is 0.620. The Morgan fingerprint density at radius 1 is 1.50 bits per heavy atom. The Kier molecular flexibility index (Phi) is 3.09. The summed E-state index contributed by atoms with van der Waals surface area (Å²) in [5.41, 5.74) is -0.550. The lowest BCUT2D eigenvalue weighted by Gasteiger charge is -2.34. The highest BCUT2D eigenvalue weighted by Crippen LogP contribution is 2.64. The zero-order valence-electron chi connectivity index (χ0n) is 11.1. The summed E-state index contributed by atoms with van der Waals surface area (Å²) in [5, 5.41) is 9.71. The second kappa shape index (κ2) is 4.55. The van der Waals surface area contributed by atoms with E-state index in [4.69, 9.17) is 5.26 Å². The molecule has 0 bridgehead atoms. The summed E-state index contributed by atoms with van der Waals surface area (Å²) >= 11 is 1.38. The summed E-state index contributed by atoms with van der Waals surface area (Å²) in [4.78, 5) is 10.2. The molecule has 1 aliphatic carbocycles. The van der Waals surface area contributed by atoms with E-state index in [2.05, 4.69) is 9.97 Å². The molecular formula is C13H14F2N4S. The van der Waals surface area contributed by atoms with Crippen LogP contribution < -0.4 is 4.90 Å². The number of hydrogen-bond donors (Lipinski definition) is 0. The van der Waals surface area contributed by atoms with Crippen LogP contribution in [-0.2, 0) is 0 Å². The van der Waals surface area contributed by atoms with Gasteiger partial charge >= 0.3 is 0 Å². The largest absolute Gasteiger partial charge is 0.355 e. The average molecular weight is 296 g/mol. The van der Waals surface area contributed by atoms with E-state index in [1.807, 2.05) is 17.2 Å². The molecule has 2 aliphatic rings. The van der Waals surface area contributed by atoms with Crippen molar-refractivity contribution in [2.75, 3.05) is 24.2 Å². The average Bonchev–Trinajstić information content (AvgIpc) is 2.97. The second-order valence-corrected chi connectivity index (χ2v) is 6.17. The van der Waals surface area contributed by atoms with E-state index in [9.17, 15) is 8.78 Å². The number of thioether (sulfide) groups is 1. The van der Waals surface area contributed by atoms with Gasteiger partial charge in [-0.1, -0.05) is 11.8 Å². The molecule has 106 valence electrons. The number of alkyl halides is 2. The highest BCUT2D eigenvalue weighted by molar-refractivity contribution is 7.98. The Labute approximate surface area is 120 Å². The maximum absolute atomic E-state index is 13.6. The van der Waals surface area contributed by atoms with Gasteiger partial charge in [0.05, 0.1) is 11.6 Å². The molecule has 1 aliphatic heterocycles. The predicted octanol–water partition coefficient (Wildman–Crippen LogP) is 2.70. The summed E-state index contributed by atoms with van der Waals surface area (Å²) in [6.45, 7) is 0.941. The molecule has 7 heteroatoms. The van der Waals surface area contributed by atoms with Crippen LogP contribution >= 0.6 is 11.8 Å². The van der Waals surface area contributed by atoms with E-state index in [1.165, 1.54) is 18.0 Å². The van der Waals surface area contributed by atoms with Gasteiger partial charge in [-0.15, -0.1) is 0 Å². The SMILES string of the molecule is CSc1ncc(C#N)c(N2CCCC3(C2)CC3(F)F)n1. The third-order valence-corrected chi connectivity index (χ3v) is 4.70. The zero-order chi connectivity index (χ0) is 14.4. The van der Waals surface area contributed by atoms with Crippen molar-refractivity contribution in [1.29, 1.82) is 5.26 Å². The normalized spacial score (nSPS) is 27.4. The van der Waals surface area contributed by atoms with E-state index in [-0.39, 0.29) is 13.0 Å². The summed E-state index contributed by atoms with van der Waals surface area (Å²) in [5.74, 6) is -2.07. The Morgan fingerprint density at radius 3 is 2.85 bits per heavy atom. The molecule has 0 amide bonds. The monoisotopic (exact) mass is 296 g/mol. The number of nitriles is 1. The van der Waals surface area contributed by atoms with Crippen LogP contribution in [0.4, 0.5) is 14.6 Å². The van der Waals surface area contributed by atoms with Gasteiger partial charge in [0, 0.05) is 19.5 Å². The number of halogens is 2. The molecule has 3 rings (SSSR count). The van der Waals surface area contributed by atoms with Gasteiger partial charge in [-0.05, 0) is 19.1 Å². The van der Waals surface area contributed by atoms with Crippen molar-refractivity contribution in [3.8, 4) is 6.07 Å². The smallest absolute Gasteiger partial charge is 0.256 e. The molecule has 1 unspecified atom stereocenters. The topological polar surface area (TPSA) is 52.8 Å². The first-order valence-corrected chi connectivity index (χ1v) is 7.68. The molecule has 1 saturated carbocycles. The lowest BCUT2D eigenvalue weighted by atomic mass is 9.94. The lowest BCUT2D eigenvalue weighted by molar-refractivity contribution is 0.0574. The minimum absolute atomic E-state index is 0.0428. The van der Waals surface area contributed by atoms with Crippen LogP contribution in [0.25, 0.3) is 0 Å². The summed E-state index contributed by atoms with van der Waals surface area (Å²) in [6.07, 6.45) is 4.54. The van der Waals surface area contributed by atoms with Gasteiger partial charge in [-0.3, -0.25) is 0 Å². The van der Waals surface area contributed by atoms with Crippen molar-refractivity contribution in [3.63, 3.8) is 0 Å². The van der Waals surface area contributed by atoms with Crippen molar-refractivity contribution in [2.24, 2.45) is 5.41 Å². The van der Waals surface area contributed by atoms with Crippen molar-refractivity contribution < 1.29 is 8.78 Å².